The van der Waals surface area contributed by atoms with Crippen LogP contribution >= 0.6 is 0 Å². The van der Waals surface area contributed by atoms with Crippen molar-refractivity contribution in [2.45, 2.75) is 101 Å². The molecule has 0 atom stereocenters. The maximum Gasteiger partial charge on any atom is -0.00188 e. The first-order chi connectivity index (χ1) is 14.8. The first-order valence-corrected chi connectivity index (χ1v) is 12.5. The predicted molar refractivity (Wildman–Crippen MR) is 162 cm³/mol. The molecule has 3 nitrogen and oxygen atoms in total. The minimum absolute atomic E-state index is 0. The Hall–Kier alpha value is -0.900. The zero-order valence-corrected chi connectivity index (χ0v) is 21.3. The van der Waals surface area contributed by atoms with E-state index in [2.05, 4.69) is 74.9 Å². The van der Waals surface area contributed by atoms with Crippen molar-refractivity contribution < 1.29 is 0 Å². The lowest BCUT2D eigenvalue weighted by Gasteiger charge is -2.24. The lowest BCUT2D eigenvalue weighted by atomic mass is 10.1. The molecule has 0 aromatic heterocycles. The minimum Gasteiger partial charge on any atom is -0.304 e. The Bertz CT molecular complexity index is 243. The summed E-state index contributed by atoms with van der Waals surface area (Å²) in [5, 5.41) is 0. The lowest BCUT2D eigenvalue weighted by Crippen LogP contribution is -2.29. The molecule has 3 heterocycles. The number of piperidine rings is 3. The average molecular weight is 472 g/mol. The van der Waals surface area contributed by atoms with Gasteiger partial charge in [0.05, 0.1) is 0 Å². The zero-order chi connectivity index (χ0) is 23.5. The van der Waals surface area contributed by atoms with Gasteiger partial charge in [-0.05, 0) is 97.4 Å². The van der Waals surface area contributed by atoms with Crippen LogP contribution in [0.4, 0.5) is 0 Å². The normalized spacial score (nSPS) is 17.5. The Labute approximate surface area is 214 Å². The van der Waals surface area contributed by atoms with Gasteiger partial charge in [-0.25, -0.2) is 0 Å². The molecule has 0 aliphatic carbocycles. The van der Waals surface area contributed by atoms with Crippen molar-refractivity contribution >= 4 is 0 Å². The molecule has 204 valence electrons. The molecule has 3 heteroatoms. The van der Waals surface area contributed by atoms with Crippen molar-refractivity contribution in [1.29, 1.82) is 0 Å². The van der Waals surface area contributed by atoms with Crippen LogP contribution in [0.1, 0.15) is 101 Å². The molecule has 0 saturated carbocycles. The molecule has 3 aliphatic rings. The van der Waals surface area contributed by atoms with E-state index >= 15 is 0 Å². The quantitative estimate of drug-likeness (QED) is 0.381. The molecule has 0 spiro atoms. The van der Waals surface area contributed by atoms with E-state index in [1.807, 2.05) is 0 Å². The smallest absolute Gasteiger partial charge is 0.00188 e. The van der Waals surface area contributed by atoms with Gasteiger partial charge in [-0.1, -0.05) is 62.3 Å². The van der Waals surface area contributed by atoms with Crippen LogP contribution in [0.3, 0.4) is 0 Å². The molecule has 3 rings (SSSR count). The Morgan fingerprint density at radius 3 is 0.606 bits per heavy atom. The third kappa shape index (κ3) is 31.1. The largest absolute Gasteiger partial charge is 0.304 e. The summed E-state index contributed by atoms with van der Waals surface area (Å²) < 4.78 is 0. The van der Waals surface area contributed by atoms with E-state index in [0.29, 0.717) is 0 Å². The number of hydrogen-bond acceptors (Lipinski definition) is 3. The molecule has 3 fully saturated rings. The molecule has 0 bridgehead atoms. The number of hydrogen-bond donors (Lipinski definition) is 0. The summed E-state index contributed by atoms with van der Waals surface area (Å²) in [7, 11) is 0. The summed E-state index contributed by atoms with van der Waals surface area (Å²) in [5.41, 5.74) is 0. The topological polar surface area (TPSA) is 9.72 Å². The molecule has 0 aromatic carbocycles. The second-order valence-electron chi connectivity index (χ2n) is 7.48. The van der Waals surface area contributed by atoms with Crippen LogP contribution in [-0.2, 0) is 0 Å². The van der Waals surface area contributed by atoms with Gasteiger partial charge in [0, 0.05) is 0 Å². The van der Waals surface area contributed by atoms with E-state index in [0.717, 1.165) is 0 Å². The van der Waals surface area contributed by atoms with E-state index in [1.165, 1.54) is 117 Å². The number of nitrogens with zero attached hydrogens (tertiary/aromatic N) is 3. The highest BCUT2D eigenvalue weighted by molar-refractivity contribution is 4.62. The highest BCUT2D eigenvalue weighted by atomic mass is 15.1. The van der Waals surface area contributed by atoms with Crippen LogP contribution in [0, 0.1) is 0 Å². The molecule has 33 heavy (non-hydrogen) atoms. The minimum atomic E-state index is 0. The second kappa shape index (κ2) is 41.4. The molecule has 3 aliphatic heterocycles. The van der Waals surface area contributed by atoms with Gasteiger partial charge in [-0.15, -0.1) is 39.5 Å². The molecule has 0 unspecified atom stereocenters. The van der Waals surface area contributed by atoms with Crippen LogP contribution in [0.5, 0.6) is 0 Å². The van der Waals surface area contributed by atoms with Crippen molar-refractivity contribution in [2.24, 2.45) is 0 Å². The summed E-state index contributed by atoms with van der Waals surface area (Å²) in [6.07, 6.45) is 12.9. The Balaban J connectivity index is -0.0000000713. The van der Waals surface area contributed by atoms with E-state index in [4.69, 9.17) is 0 Å². The average Bonchev–Trinajstić information content (AvgIpc) is 2.90. The van der Waals surface area contributed by atoms with Crippen molar-refractivity contribution in [3.05, 3.63) is 39.5 Å². The van der Waals surface area contributed by atoms with E-state index in [9.17, 15) is 0 Å². The SMILES string of the molecule is C.C.C.C=C.C=C.C=C.CCN1CCCCC1.CCN1CCCCC1.CCN1CCCCC1. The molecule has 0 aromatic rings. The summed E-state index contributed by atoms with van der Waals surface area (Å²) in [5.74, 6) is 0. The summed E-state index contributed by atoms with van der Waals surface area (Å²) in [6, 6.07) is 0. The Morgan fingerprint density at radius 1 is 0.364 bits per heavy atom. The van der Waals surface area contributed by atoms with Gasteiger partial charge < -0.3 is 14.7 Å². The molecule has 0 N–H and O–H groups in total. The van der Waals surface area contributed by atoms with Crippen molar-refractivity contribution in [3.63, 3.8) is 0 Å². The maximum atomic E-state index is 3.00. The monoisotopic (exact) mass is 472 g/mol. The number of likely N-dealkylation sites (tertiary alicyclic amines) is 3. The van der Waals surface area contributed by atoms with Gasteiger partial charge in [-0.2, -0.15) is 0 Å². The molecule has 0 amide bonds. The van der Waals surface area contributed by atoms with E-state index < -0.39 is 0 Å². The molecule has 3 saturated heterocycles. The predicted octanol–water partition coefficient (Wildman–Crippen LogP) is 8.79. The fourth-order valence-corrected chi connectivity index (χ4v) is 3.83. The van der Waals surface area contributed by atoms with Crippen molar-refractivity contribution in [3.8, 4) is 0 Å². The summed E-state index contributed by atoms with van der Waals surface area (Å²) >= 11 is 0. The van der Waals surface area contributed by atoms with Gasteiger partial charge >= 0.3 is 0 Å². The standard InChI is InChI=1S/3C7H15N.3C2H4.3CH4/c3*1-2-8-6-4-3-5-7-8;3*1-2;;;/h3*2-7H2,1H3;3*1-2H2;3*1H4. The summed E-state index contributed by atoms with van der Waals surface area (Å²) in [6.45, 7) is 36.5. The van der Waals surface area contributed by atoms with Crippen molar-refractivity contribution in [2.75, 3.05) is 58.9 Å². The highest BCUT2D eigenvalue weighted by Gasteiger charge is 2.07. The van der Waals surface area contributed by atoms with Gasteiger partial charge in [0.25, 0.3) is 0 Å². The van der Waals surface area contributed by atoms with Gasteiger partial charge in [0.2, 0.25) is 0 Å². The molecule has 0 radical (unpaired) electrons. The highest BCUT2D eigenvalue weighted by Crippen LogP contribution is 2.08. The van der Waals surface area contributed by atoms with Gasteiger partial charge in [0.1, 0.15) is 0 Å². The van der Waals surface area contributed by atoms with Gasteiger partial charge in [0.15, 0.2) is 0 Å². The first kappa shape index (κ1) is 45.6. The van der Waals surface area contributed by atoms with Gasteiger partial charge in [-0.3, -0.25) is 0 Å². The van der Waals surface area contributed by atoms with Crippen LogP contribution in [0.2, 0.25) is 0 Å². The third-order valence-electron chi connectivity index (χ3n) is 5.69. The first-order valence-electron chi connectivity index (χ1n) is 12.5. The fourth-order valence-electron chi connectivity index (χ4n) is 3.83. The second-order valence-corrected chi connectivity index (χ2v) is 7.48. The van der Waals surface area contributed by atoms with Crippen LogP contribution in [-0.4, -0.2) is 73.6 Å². The van der Waals surface area contributed by atoms with Crippen LogP contribution in [0.25, 0.3) is 0 Å². The Kier molecular flexibility index (Phi) is 57.1. The van der Waals surface area contributed by atoms with Crippen LogP contribution in [0.15, 0.2) is 39.5 Å². The van der Waals surface area contributed by atoms with E-state index in [-0.39, 0.29) is 22.3 Å². The van der Waals surface area contributed by atoms with Crippen molar-refractivity contribution in [1.82, 2.24) is 14.7 Å². The maximum absolute atomic E-state index is 3.00. The molecular weight excluding hydrogens is 402 g/mol. The van der Waals surface area contributed by atoms with Crippen LogP contribution < -0.4 is 0 Å². The van der Waals surface area contributed by atoms with E-state index in [1.54, 1.807) is 0 Å². The third-order valence-corrected chi connectivity index (χ3v) is 5.69. The number of rotatable bonds is 3. The summed E-state index contributed by atoms with van der Waals surface area (Å²) in [4.78, 5) is 7.55. The zero-order valence-electron chi connectivity index (χ0n) is 21.3. The fraction of sp³-hybridized carbons (Fsp3) is 0.800. The molecular formula is C30H69N3. The lowest BCUT2D eigenvalue weighted by molar-refractivity contribution is 0.240. The Morgan fingerprint density at radius 2 is 0.515 bits per heavy atom.